The van der Waals surface area contributed by atoms with E-state index in [2.05, 4.69) is 5.32 Å². The number of rotatable bonds is 8. The van der Waals surface area contributed by atoms with Crippen molar-refractivity contribution < 1.29 is 22.7 Å². The summed E-state index contributed by atoms with van der Waals surface area (Å²) in [5.41, 5.74) is 2.33. The Bertz CT molecular complexity index is 912. The predicted octanol–water partition coefficient (Wildman–Crippen LogP) is 2.41. The Kier molecular flexibility index (Phi) is 6.81. The van der Waals surface area contributed by atoms with Crippen LogP contribution in [0.4, 0.5) is 5.69 Å². The normalized spacial score (nSPS) is 11.3. The van der Waals surface area contributed by atoms with Crippen LogP contribution < -0.4 is 14.8 Å². The Morgan fingerprint density at radius 1 is 1.07 bits per heavy atom. The van der Waals surface area contributed by atoms with Gasteiger partial charge in [0.2, 0.25) is 15.9 Å². The summed E-state index contributed by atoms with van der Waals surface area (Å²) in [6.07, 6.45) is 1.09. The Morgan fingerprint density at radius 3 is 2.37 bits per heavy atom. The number of carbonyl (C=O) groups is 1. The molecule has 0 spiro atoms. The maximum Gasteiger partial charge on any atom is 0.239 e. The Hall–Kier alpha value is -2.58. The molecule has 2 aromatic rings. The molecule has 146 valence electrons. The number of aryl methyl sites for hydroxylation is 1. The first-order valence-corrected chi connectivity index (χ1v) is 10.1. The number of sulfonamides is 1. The van der Waals surface area contributed by atoms with Gasteiger partial charge in [-0.25, -0.2) is 8.42 Å². The minimum atomic E-state index is -3.56. The van der Waals surface area contributed by atoms with E-state index in [1.807, 2.05) is 31.2 Å². The van der Waals surface area contributed by atoms with Crippen molar-refractivity contribution in [1.29, 1.82) is 0 Å². The molecule has 0 aromatic heterocycles. The van der Waals surface area contributed by atoms with Crippen LogP contribution in [-0.2, 0) is 21.4 Å². The second kappa shape index (κ2) is 8.88. The van der Waals surface area contributed by atoms with Crippen molar-refractivity contribution >= 4 is 21.6 Å². The van der Waals surface area contributed by atoms with E-state index in [0.29, 0.717) is 17.2 Å². The fourth-order valence-electron chi connectivity index (χ4n) is 2.58. The highest BCUT2D eigenvalue weighted by atomic mass is 32.2. The molecule has 0 atom stereocenters. The molecule has 7 nitrogen and oxygen atoms in total. The number of benzene rings is 2. The van der Waals surface area contributed by atoms with Crippen LogP contribution in [-0.4, -0.2) is 45.7 Å². The molecule has 0 aliphatic heterocycles. The van der Waals surface area contributed by atoms with Gasteiger partial charge >= 0.3 is 0 Å². The molecule has 0 unspecified atom stereocenters. The van der Waals surface area contributed by atoms with Gasteiger partial charge < -0.3 is 14.8 Å². The lowest BCUT2D eigenvalue weighted by Gasteiger charge is -2.20. The number of methoxy groups -OCH3 is 2. The van der Waals surface area contributed by atoms with Gasteiger partial charge in [-0.1, -0.05) is 29.8 Å². The van der Waals surface area contributed by atoms with E-state index in [-0.39, 0.29) is 13.1 Å². The van der Waals surface area contributed by atoms with Crippen LogP contribution in [0.5, 0.6) is 11.5 Å². The number of nitrogens with zero attached hydrogens (tertiary/aromatic N) is 1. The molecule has 0 radical (unpaired) electrons. The number of hydrogen-bond donors (Lipinski definition) is 1. The largest absolute Gasteiger partial charge is 0.493 e. The molecule has 0 aliphatic rings. The van der Waals surface area contributed by atoms with Gasteiger partial charge in [0.25, 0.3) is 0 Å². The highest BCUT2D eigenvalue weighted by molar-refractivity contribution is 7.88. The van der Waals surface area contributed by atoms with Crippen molar-refractivity contribution in [2.75, 3.05) is 32.3 Å². The summed E-state index contributed by atoms with van der Waals surface area (Å²) >= 11 is 0. The Labute approximate surface area is 160 Å². The van der Waals surface area contributed by atoms with Crippen molar-refractivity contribution in [3.63, 3.8) is 0 Å². The van der Waals surface area contributed by atoms with Crippen LogP contribution in [0.2, 0.25) is 0 Å². The molecule has 0 aliphatic carbocycles. The van der Waals surface area contributed by atoms with Crippen LogP contribution in [0.25, 0.3) is 0 Å². The molecular weight excluding hydrogens is 368 g/mol. The lowest BCUT2D eigenvalue weighted by Crippen LogP contribution is -2.36. The van der Waals surface area contributed by atoms with Crippen molar-refractivity contribution in [2.24, 2.45) is 0 Å². The number of nitrogens with one attached hydrogen (secondary N) is 1. The average molecular weight is 392 g/mol. The summed E-state index contributed by atoms with van der Waals surface area (Å²) in [6, 6.07) is 12.4. The van der Waals surface area contributed by atoms with Crippen molar-refractivity contribution in [1.82, 2.24) is 4.31 Å². The van der Waals surface area contributed by atoms with Gasteiger partial charge in [-0.05, 0) is 24.6 Å². The smallest absolute Gasteiger partial charge is 0.239 e. The first-order chi connectivity index (χ1) is 12.7. The second-order valence-electron chi connectivity index (χ2n) is 6.14. The summed E-state index contributed by atoms with van der Waals surface area (Å²) in [6.45, 7) is 1.76. The van der Waals surface area contributed by atoms with Crippen LogP contribution in [0.3, 0.4) is 0 Å². The van der Waals surface area contributed by atoms with Gasteiger partial charge in [-0.3, -0.25) is 4.79 Å². The summed E-state index contributed by atoms with van der Waals surface area (Å²) in [5, 5.41) is 2.69. The van der Waals surface area contributed by atoms with E-state index in [1.165, 1.54) is 14.2 Å². The number of hydrogen-bond acceptors (Lipinski definition) is 5. The minimum Gasteiger partial charge on any atom is -0.493 e. The lowest BCUT2D eigenvalue weighted by atomic mass is 10.1. The quantitative estimate of drug-likeness (QED) is 0.746. The van der Waals surface area contributed by atoms with Gasteiger partial charge in [-0.15, -0.1) is 0 Å². The maximum atomic E-state index is 12.4. The molecule has 0 fully saturated rings. The molecule has 0 heterocycles. The van der Waals surface area contributed by atoms with Gasteiger partial charge in [0.15, 0.2) is 11.5 Å². The standard InChI is InChI=1S/C19H24N2O5S/c1-14-6-5-7-15(10-14)12-21(27(4,23)24)13-19(22)20-16-8-9-17(25-2)18(11-16)26-3/h5-11H,12-13H2,1-4H3,(H,20,22). The molecule has 0 saturated carbocycles. The molecule has 1 N–H and O–H groups in total. The summed E-state index contributed by atoms with van der Waals surface area (Å²) in [4.78, 5) is 12.4. The second-order valence-corrected chi connectivity index (χ2v) is 8.12. The SMILES string of the molecule is COc1ccc(NC(=O)CN(Cc2cccc(C)c2)S(C)(=O)=O)cc1OC. The molecule has 27 heavy (non-hydrogen) atoms. The third kappa shape index (κ3) is 5.97. The molecule has 0 bridgehead atoms. The Balaban J connectivity index is 2.12. The highest BCUT2D eigenvalue weighted by Gasteiger charge is 2.21. The summed E-state index contributed by atoms with van der Waals surface area (Å²) < 4.78 is 35.7. The molecule has 2 rings (SSSR count). The lowest BCUT2D eigenvalue weighted by molar-refractivity contribution is -0.116. The number of anilines is 1. The molecule has 1 amide bonds. The van der Waals surface area contributed by atoms with Crippen molar-refractivity contribution in [2.45, 2.75) is 13.5 Å². The molecule has 0 saturated heterocycles. The van der Waals surface area contributed by atoms with E-state index < -0.39 is 15.9 Å². The Morgan fingerprint density at radius 2 is 1.78 bits per heavy atom. The van der Waals surface area contributed by atoms with Gasteiger partial charge in [0.05, 0.1) is 27.0 Å². The molecule has 8 heteroatoms. The van der Waals surface area contributed by atoms with E-state index in [9.17, 15) is 13.2 Å². The van der Waals surface area contributed by atoms with Gasteiger partial charge in [0, 0.05) is 18.3 Å². The fraction of sp³-hybridized carbons (Fsp3) is 0.316. The van der Waals surface area contributed by atoms with E-state index in [1.54, 1.807) is 18.2 Å². The third-order valence-electron chi connectivity index (χ3n) is 3.90. The zero-order valence-corrected chi connectivity index (χ0v) is 16.7. The topological polar surface area (TPSA) is 84.9 Å². The number of amides is 1. The molecule has 2 aromatic carbocycles. The number of ether oxygens (including phenoxy) is 2. The fourth-order valence-corrected chi connectivity index (χ4v) is 3.31. The van der Waals surface area contributed by atoms with Crippen LogP contribution in [0, 0.1) is 6.92 Å². The summed E-state index contributed by atoms with van der Waals surface area (Å²) in [7, 11) is -0.543. The van der Waals surface area contributed by atoms with Crippen molar-refractivity contribution in [3.8, 4) is 11.5 Å². The van der Waals surface area contributed by atoms with Crippen LogP contribution >= 0.6 is 0 Å². The van der Waals surface area contributed by atoms with Crippen LogP contribution in [0.15, 0.2) is 42.5 Å². The monoisotopic (exact) mass is 392 g/mol. The van der Waals surface area contributed by atoms with E-state index >= 15 is 0 Å². The third-order valence-corrected chi connectivity index (χ3v) is 5.09. The molecular formula is C19H24N2O5S. The highest BCUT2D eigenvalue weighted by Crippen LogP contribution is 2.29. The minimum absolute atomic E-state index is 0.125. The number of carbonyl (C=O) groups excluding carboxylic acids is 1. The first-order valence-electron chi connectivity index (χ1n) is 8.25. The van der Waals surface area contributed by atoms with Crippen molar-refractivity contribution in [3.05, 3.63) is 53.6 Å². The summed E-state index contributed by atoms with van der Waals surface area (Å²) in [5.74, 6) is 0.558. The van der Waals surface area contributed by atoms with Gasteiger partial charge in [-0.2, -0.15) is 4.31 Å². The van der Waals surface area contributed by atoms with Gasteiger partial charge in [0.1, 0.15) is 0 Å². The predicted molar refractivity (Wildman–Crippen MR) is 105 cm³/mol. The maximum absolute atomic E-state index is 12.4. The first kappa shape index (κ1) is 20.7. The van der Waals surface area contributed by atoms with Crippen LogP contribution in [0.1, 0.15) is 11.1 Å². The average Bonchev–Trinajstić information content (AvgIpc) is 2.60. The van der Waals surface area contributed by atoms with E-state index in [4.69, 9.17) is 9.47 Å². The van der Waals surface area contributed by atoms with E-state index in [0.717, 1.165) is 21.7 Å². The zero-order chi connectivity index (χ0) is 20.0. The zero-order valence-electron chi connectivity index (χ0n) is 15.9.